The molecule has 0 amide bonds. The van der Waals surface area contributed by atoms with Crippen molar-refractivity contribution in [3.8, 4) is 5.75 Å². The fourth-order valence-electron chi connectivity index (χ4n) is 2.76. The number of unbranched alkanes of at least 4 members (excludes halogenated alkanes) is 1. The minimum absolute atomic E-state index is 0.0126. The topological polar surface area (TPSA) is 60.3 Å². The van der Waals surface area contributed by atoms with Gasteiger partial charge in [0.05, 0.1) is 23.2 Å². The van der Waals surface area contributed by atoms with Crippen LogP contribution in [0.3, 0.4) is 0 Å². The van der Waals surface area contributed by atoms with Gasteiger partial charge in [0.15, 0.2) is 0 Å². The highest BCUT2D eigenvalue weighted by Gasteiger charge is 2.22. The first-order valence-corrected chi connectivity index (χ1v) is 10.3. The van der Waals surface area contributed by atoms with Crippen LogP contribution in [0.1, 0.15) is 12.8 Å². The van der Waals surface area contributed by atoms with E-state index in [1.807, 2.05) is 7.05 Å². The molecule has 0 aliphatic rings. The molecule has 0 aliphatic carbocycles. The Bertz CT molecular complexity index is 1030. The molecule has 144 valence electrons. The van der Waals surface area contributed by atoms with Gasteiger partial charge in [0, 0.05) is 10.4 Å². The SMILES string of the molecule is CNCCCCOc1cn(S(=O)(=O)c2ccc(F)cc2)c2cc(Cl)ccc12. The van der Waals surface area contributed by atoms with Crippen LogP contribution in [0.5, 0.6) is 5.75 Å². The molecule has 0 bridgehead atoms. The van der Waals surface area contributed by atoms with Gasteiger partial charge in [-0.2, -0.15) is 0 Å². The fourth-order valence-corrected chi connectivity index (χ4v) is 4.28. The highest BCUT2D eigenvalue weighted by molar-refractivity contribution is 7.90. The molecule has 0 saturated heterocycles. The summed E-state index contributed by atoms with van der Waals surface area (Å²) in [4.78, 5) is -0.0126. The van der Waals surface area contributed by atoms with Crippen LogP contribution in [-0.2, 0) is 10.0 Å². The summed E-state index contributed by atoms with van der Waals surface area (Å²) >= 11 is 6.07. The van der Waals surface area contributed by atoms with Gasteiger partial charge < -0.3 is 10.1 Å². The number of rotatable bonds is 8. The number of nitrogens with one attached hydrogen (secondary N) is 1. The van der Waals surface area contributed by atoms with Gasteiger partial charge in [-0.05, 0) is 68.9 Å². The minimum atomic E-state index is -3.92. The van der Waals surface area contributed by atoms with Gasteiger partial charge in [-0.15, -0.1) is 0 Å². The van der Waals surface area contributed by atoms with Gasteiger partial charge in [-0.25, -0.2) is 16.8 Å². The zero-order chi connectivity index (χ0) is 19.4. The third kappa shape index (κ3) is 4.26. The summed E-state index contributed by atoms with van der Waals surface area (Å²) in [6.07, 6.45) is 3.23. The van der Waals surface area contributed by atoms with Crippen LogP contribution in [-0.4, -0.2) is 32.6 Å². The molecule has 0 atom stereocenters. The van der Waals surface area contributed by atoms with Crippen molar-refractivity contribution in [2.45, 2.75) is 17.7 Å². The second-order valence-corrected chi connectivity index (χ2v) is 8.32. The molecule has 0 radical (unpaired) electrons. The molecule has 5 nitrogen and oxygen atoms in total. The van der Waals surface area contributed by atoms with Crippen LogP contribution in [0, 0.1) is 5.82 Å². The van der Waals surface area contributed by atoms with Crippen molar-refractivity contribution in [2.24, 2.45) is 0 Å². The molecule has 0 aliphatic heterocycles. The second kappa shape index (κ2) is 8.29. The molecule has 27 heavy (non-hydrogen) atoms. The summed E-state index contributed by atoms with van der Waals surface area (Å²) in [6, 6.07) is 9.70. The second-order valence-electron chi connectivity index (χ2n) is 6.07. The standard InChI is InChI=1S/C19H20ClFN2O3S/c1-22-10-2-3-11-26-19-13-23(18-12-14(20)4-9-17(18)19)27(24,25)16-7-5-15(21)6-8-16/h4-9,12-13,22H,2-3,10-11H2,1H3. The normalized spacial score (nSPS) is 11.8. The number of fused-ring (bicyclic) bond motifs is 1. The van der Waals surface area contributed by atoms with Gasteiger partial charge in [0.25, 0.3) is 10.0 Å². The number of hydrogen-bond acceptors (Lipinski definition) is 4. The molecule has 1 heterocycles. The first-order valence-electron chi connectivity index (χ1n) is 8.52. The molecule has 0 unspecified atom stereocenters. The molecule has 3 aromatic rings. The van der Waals surface area contributed by atoms with Crippen molar-refractivity contribution in [2.75, 3.05) is 20.2 Å². The molecule has 8 heteroatoms. The summed E-state index contributed by atoms with van der Waals surface area (Å²) in [5, 5.41) is 4.13. The third-order valence-electron chi connectivity index (χ3n) is 4.15. The smallest absolute Gasteiger partial charge is 0.268 e. The van der Waals surface area contributed by atoms with Crippen molar-refractivity contribution < 1.29 is 17.5 Å². The molecule has 2 aromatic carbocycles. The largest absolute Gasteiger partial charge is 0.491 e. The highest BCUT2D eigenvalue weighted by atomic mass is 35.5. The van der Waals surface area contributed by atoms with Crippen molar-refractivity contribution in [3.05, 3.63) is 59.5 Å². The molecule has 1 aromatic heterocycles. The first-order chi connectivity index (χ1) is 12.9. The van der Waals surface area contributed by atoms with Crippen molar-refractivity contribution in [1.82, 2.24) is 9.29 Å². The van der Waals surface area contributed by atoms with E-state index in [0.29, 0.717) is 28.3 Å². The van der Waals surface area contributed by atoms with E-state index in [1.54, 1.807) is 18.2 Å². The number of nitrogens with zero attached hydrogens (tertiary/aromatic N) is 1. The maximum atomic E-state index is 13.2. The Morgan fingerprint density at radius 1 is 1.15 bits per heavy atom. The molecule has 0 spiro atoms. The Balaban J connectivity index is 1.99. The summed E-state index contributed by atoms with van der Waals surface area (Å²) in [6.45, 7) is 1.36. The van der Waals surface area contributed by atoms with Crippen molar-refractivity contribution >= 4 is 32.5 Å². The third-order valence-corrected chi connectivity index (χ3v) is 6.07. The van der Waals surface area contributed by atoms with E-state index >= 15 is 0 Å². The first kappa shape index (κ1) is 19.7. The Labute approximate surface area is 162 Å². The number of hydrogen-bond donors (Lipinski definition) is 1. The molecule has 1 N–H and O–H groups in total. The van der Waals surface area contributed by atoms with E-state index < -0.39 is 15.8 Å². The van der Waals surface area contributed by atoms with Gasteiger partial charge in [-0.3, -0.25) is 0 Å². The van der Waals surface area contributed by atoms with Crippen LogP contribution < -0.4 is 10.1 Å². The monoisotopic (exact) mass is 410 g/mol. The van der Waals surface area contributed by atoms with Gasteiger partial charge in [-0.1, -0.05) is 11.6 Å². The molecular formula is C19H20ClFN2O3S. The van der Waals surface area contributed by atoms with Crippen molar-refractivity contribution in [3.63, 3.8) is 0 Å². The minimum Gasteiger partial charge on any atom is -0.491 e. The predicted molar refractivity (Wildman–Crippen MR) is 105 cm³/mol. The zero-order valence-electron chi connectivity index (χ0n) is 14.8. The maximum Gasteiger partial charge on any atom is 0.268 e. The Morgan fingerprint density at radius 3 is 2.59 bits per heavy atom. The lowest BCUT2D eigenvalue weighted by Gasteiger charge is -2.07. The Hall–Kier alpha value is -2.09. The number of ether oxygens (including phenoxy) is 1. The molecule has 0 saturated carbocycles. The van der Waals surface area contributed by atoms with E-state index in [9.17, 15) is 12.8 Å². The van der Waals surface area contributed by atoms with Crippen LogP contribution in [0.2, 0.25) is 5.02 Å². The van der Waals surface area contributed by atoms with E-state index in [-0.39, 0.29) is 4.90 Å². The lowest BCUT2D eigenvalue weighted by atomic mass is 10.2. The molecule has 0 fully saturated rings. The summed E-state index contributed by atoms with van der Waals surface area (Å²) in [5.41, 5.74) is 0.414. The maximum absolute atomic E-state index is 13.2. The quantitative estimate of drug-likeness (QED) is 0.569. The fraction of sp³-hybridized carbons (Fsp3) is 0.263. The van der Waals surface area contributed by atoms with Gasteiger partial charge in [0.2, 0.25) is 0 Å². The number of aromatic nitrogens is 1. The van der Waals surface area contributed by atoms with E-state index in [0.717, 1.165) is 35.5 Å². The molecular weight excluding hydrogens is 391 g/mol. The van der Waals surface area contributed by atoms with E-state index in [2.05, 4.69) is 5.32 Å². The van der Waals surface area contributed by atoms with Crippen LogP contribution in [0.25, 0.3) is 10.9 Å². The van der Waals surface area contributed by atoms with Crippen molar-refractivity contribution in [1.29, 1.82) is 0 Å². The van der Waals surface area contributed by atoms with Gasteiger partial charge >= 0.3 is 0 Å². The average Bonchev–Trinajstić information content (AvgIpc) is 3.00. The highest BCUT2D eigenvalue weighted by Crippen LogP contribution is 2.33. The Morgan fingerprint density at radius 2 is 1.89 bits per heavy atom. The number of halogens is 2. The summed E-state index contributed by atoms with van der Waals surface area (Å²) < 4.78 is 46.2. The average molecular weight is 411 g/mol. The van der Waals surface area contributed by atoms with Crippen LogP contribution in [0.15, 0.2) is 53.6 Å². The van der Waals surface area contributed by atoms with Crippen LogP contribution >= 0.6 is 11.6 Å². The van der Waals surface area contributed by atoms with E-state index in [4.69, 9.17) is 16.3 Å². The summed E-state index contributed by atoms with van der Waals surface area (Å²) in [7, 11) is -2.03. The lowest BCUT2D eigenvalue weighted by molar-refractivity contribution is 0.309. The number of benzene rings is 2. The van der Waals surface area contributed by atoms with Crippen LogP contribution in [0.4, 0.5) is 4.39 Å². The lowest BCUT2D eigenvalue weighted by Crippen LogP contribution is -2.12. The predicted octanol–water partition coefficient (Wildman–Crippen LogP) is 4.05. The Kier molecular flexibility index (Phi) is 6.04. The van der Waals surface area contributed by atoms with E-state index in [1.165, 1.54) is 18.3 Å². The molecule has 3 rings (SSSR count). The van der Waals surface area contributed by atoms with Gasteiger partial charge in [0.1, 0.15) is 11.6 Å². The summed E-state index contributed by atoms with van der Waals surface area (Å²) in [5.74, 6) is -0.0308. The zero-order valence-corrected chi connectivity index (χ0v) is 16.4.